The average molecular weight is 593 g/mol. The van der Waals surface area contributed by atoms with Crippen LogP contribution in [0.4, 0.5) is 0 Å². The van der Waals surface area contributed by atoms with Gasteiger partial charge in [-0.15, -0.1) is 0 Å². The summed E-state index contributed by atoms with van der Waals surface area (Å²) in [5, 5.41) is 9.69. The van der Waals surface area contributed by atoms with Crippen LogP contribution in [0.5, 0.6) is 0 Å². The topological polar surface area (TPSA) is 37.3 Å². The predicted molar refractivity (Wildman–Crippen MR) is 160 cm³/mol. The number of carboxylic acids is 1. The first-order chi connectivity index (χ1) is 19.4. The van der Waals surface area contributed by atoms with Crippen LogP contribution in [0.2, 0.25) is 47.7 Å². The fourth-order valence-corrected chi connectivity index (χ4v) is 99.5. The zero-order valence-electron chi connectivity index (χ0n) is 23.4. The van der Waals surface area contributed by atoms with Gasteiger partial charge in [0.05, 0.1) is 0 Å². The Morgan fingerprint density at radius 3 is 2.00 bits per heavy atom. The SMILES string of the molecule is CCCCCCCCC#Cc1ccc(C(SCCC(=O)O)(c2ccccc2)[C]23[CH]4[CH]5[CH]6[CH]2[Fe]56432789[CH]3[CH]2[CH]7[CH]8[CH]39)cc1. The number of aliphatic carboxylic acids is 1. The number of thioether (sulfide) groups is 1. The van der Waals surface area contributed by atoms with Gasteiger partial charge in [0.2, 0.25) is 0 Å². The number of hydrogen-bond acceptors (Lipinski definition) is 2. The predicted octanol–water partition coefficient (Wildman–Crippen LogP) is 10.00. The molecule has 0 aliphatic carbocycles. The van der Waals surface area contributed by atoms with E-state index in [4.69, 9.17) is 0 Å². The molecule has 0 radical (unpaired) electrons. The molecule has 1 spiro atoms. The van der Waals surface area contributed by atoms with E-state index in [2.05, 4.69) is 85.1 Å². The first-order valence-corrected chi connectivity index (χ1v) is 23.3. The van der Waals surface area contributed by atoms with Crippen LogP contribution in [0.1, 0.15) is 75.0 Å². The third-order valence-corrected chi connectivity index (χ3v) is 64.5. The molecule has 5 unspecified atom stereocenters. The van der Waals surface area contributed by atoms with Gasteiger partial charge in [0, 0.05) is 0 Å². The Morgan fingerprint density at radius 1 is 0.850 bits per heavy atom. The molecule has 10 saturated heterocycles. The van der Waals surface area contributed by atoms with E-state index in [1.165, 1.54) is 83.4 Å². The summed E-state index contributed by atoms with van der Waals surface area (Å²) in [6.45, 7) is -1.31. The van der Waals surface area contributed by atoms with Crippen molar-refractivity contribution in [2.45, 2.75) is 111 Å². The Kier molecular flexibility index (Phi) is 2.03. The summed E-state index contributed by atoms with van der Waals surface area (Å²) in [5.74, 6) is 6.99. The fraction of sp³-hybridized carbons (Fsp3) is 0.583. The van der Waals surface area contributed by atoms with Crippen LogP contribution in [-0.2, 0) is 16.1 Å². The van der Waals surface area contributed by atoms with E-state index in [-0.39, 0.29) is 11.2 Å². The molecule has 0 saturated carbocycles. The molecule has 10 fully saturated rings. The van der Waals surface area contributed by atoms with E-state index in [0.29, 0.717) is 10.1 Å². The van der Waals surface area contributed by atoms with Crippen molar-refractivity contribution in [1.29, 1.82) is 0 Å². The maximum absolute atomic E-state index is 11.8. The van der Waals surface area contributed by atoms with Gasteiger partial charge < -0.3 is 0 Å². The third kappa shape index (κ3) is 0.635. The molecule has 2 aromatic rings. The molecule has 1 N–H and O–H groups in total. The van der Waals surface area contributed by atoms with Gasteiger partial charge in [-0.05, 0) is 0 Å². The second-order valence-corrected chi connectivity index (χ2v) is 42.0. The molecular weight excluding hydrogens is 552 g/mol. The normalized spacial score (nSPS) is 58.5. The number of hydrogen-bond donors (Lipinski definition) is 1. The van der Waals surface area contributed by atoms with Crippen LogP contribution in [0.3, 0.4) is 0 Å². The molecule has 10 aliphatic heterocycles. The Morgan fingerprint density at radius 2 is 1.45 bits per heavy atom. The van der Waals surface area contributed by atoms with Crippen molar-refractivity contribution in [3.8, 4) is 11.8 Å². The van der Waals surface area contributed by atoms with Gasteiger partial charge >= 0.3 is 208 Å². The monoisotopic (exact) mass is 592 g/mol. The van der Waals surface area contributed by atoms with Gasteiger partial charge in [-0.25, -0.2) is 0 Å². The molecule has 0 aromatic heterocycles. The van der Waals surface area contributed by atoms with Gasteiger partial charge in [-0.3, -0.25) is 0 Å². The molecule has 10 aliphatic rings. The zero-order valence-corrected chi connectivity index (χ0v) is 25.3. The number of carbonyl (C=O) groups is 1. The molecule has 210 valence electrons. The second kappa shape index (κ2) is 3.71. The van der Waals surface area contributed by atoms with Crippen LogP contribution < -0.4 is 0 Å². The Labute approximate surface area is 232 Å². The molecule has 5 atom stereocenters. The van der Waals surface area contributed by atoms with Crippen LogP contribution in [-0.4, -0.2) is 16.8 Å². The van der Waals surface area contributed by atoms with Crippen molar-refractivity contribution in [3.63, 3.8) is 0 Å². The Balaban J connectivity index is 0.945. The summed E-state index contributed by atoms with van der Waals surface area (Å²) in [6.07, 6.45) is 9.12. The molecule has 4 heteroatoms. The average Bonchev–Trinajstić information content (AvgIpc) is 3.91. The van der Waals surface area contributed by atoms with Crippen LogP contribution in [0.25, 0.3) is 0 Å². The summed E-state index contributed by atoms with van der Waals surface area (Å²) >= 11 is 2.06. The van der Waals surface area contributed by atoms with Crippen LogP contribution >= 0.6 is 11.8 Å². The van der Waals surface area contributed by atoms with E-state index < -0.39 is 12.5 Å². The van der Waals surface area contributed by atoms with Gasteiger partial charge in [0.1, 0.15) is 0 Å². The third-order valence-electron chi connectivity index (χ3n) is 20.2. The van der Waals surface area contributed by atoms with E-state index >= 15 is 0 Å². The quantitative estimate of drug-likeness (QED) is 0.143. The molecule has 2 aromatic carbocycles. The van der Waals surface area contributed by atoms with Crippen LogP contribution in [0, 0.1) is 11.8 Å². The first-order valence-electron chi connectivity index (χ1n) is 16.1. The van der Waals surface area contributed by atoms with Crippen molar-refractivity contribution in [3.05, 3.63) is 71.3 Å². The first kappa shape index (κ1) is 22.0. The summed E-state index contributed by atoms with van der Waals surface area (Å²) in [7, 11) is 0. The zero-order chi connectivity index (χ0) is 26.7. The minimum atomic E-state index is -3.58. The molecule has 0 amide bonds. The second-order valence-electron chi connectivity index (χ2n) is 17.1. The molecule has 12 rings (SSSR count). The standard InChI is InChI=1S/C31H35O2S.C5H5.Fe/c1-2-3-4-5-6-7-8-10-15-26-20-22-29(23-21-26)31(28-18-13-14-19-28,34-25-24-30(32)33)27-16-11-9-12-17-27;1-2-4-5-3-1;/h9,11-14,16-23H,2-8,24-25H2,1H3,(H,32,33);1-5H;. The van der Waals surface area contributed by atoms with Gasteiger partial charge in [0.25, 0.3) is 0 Å². The molecule has 40 heavy (non-hydrogen) atoms. The van der Waals surface area contributed by atoms with Crippen molar-refractivity contribution < 1.29 is 16.4 Å². The van der Waals surface area contributed by atoms with Gasteiger partial charge in [-0.1, -0.05) is 26.2 Å². The summed E-state index contributed by atoms with van der Waals surface area (Å²) in [4.78, 5) is 22.7. The Hall–Kier alpha value is -1.66. The Bertz CT molecular complexity index is 1870. The maximum atomic E-state index is 11.8. The number of carboxylic acid groups (broad SMARTS) is 1. The van der Waals surface area contributed by atoms with E-state index in [1.807, 2.05) is 0 Å². The number of benzene rings is 2. The number of fused-ring (bicyclic) bond motifs is 10. The van der Waals surface area contributed by atoms with Crippen molar-refractivity contribution in [2.75, 3.05) is 5.75 Å². The summed E-state index contributed by atoms with van der Waals surface area (Å²) < 4.78 is 0.519. The summed E-state index contributed by atoms with van der Waals surface area (Å²) in [6, 6.07) is 20.9. The molecule has 2 nitrogen and oxygen atoms in total. The summed E-state index contributed by atoms with van der Waals surface area (Å²) in [5.41, 5.74) is 4.10. The molecule has 10 heterocycles. The van der Waals surface area contributed by atoms with Crippen LogP contribution in [0.15, 0.2) is 54.6 Å². The van der Waals surface area contributed by atoms with Crippen molar-refractivity contribution in [1.82, 2.24) is 0 Å². The number of rotatable bonds is 13. The van der Waals surface area contributed by atoms with E-state index in [0.717, 1.165) is 21.6 Å². The van der Waals surface area contributed by atoms with Gasteiger partial charge in [0.15, 0.2) is 0 Å². The van der Waals surface area contributed by atoms with E-state index in [9.17, 15) is 9.90 Å². The minimum absolute atomic E-state index is 0.0524. The van der Waals surface area contributed by atoms with Crippen molar-refractivity contribution in [2.24, 2.45) is 0 Å². The van der Waals surface area contributed by atoms with Crippen molar-refractivity contribution >= 4 is 17.7 Å². The molecular formula is C36H40FeO2S. The fourth-order valence-electron chi connectivity index (χ4n) is 21.0. The molecule has 0 bridgehead atoms. The van der Waals surface area contributed by atoms with E-state index in [1.54, 1.807) is 0 Å². The van der Waals surface area contributed by atoms with Gasteiger partial charge in [-0.2, -0.15) is 0 Å². The number of unbranched alkanes of at least 4 members (excludes halogenated alkanes) is 6.